The van der Waals surface area contributed by atoms with Gasteiger partial charge >= 0.3 is 5.97 Å². The van der Waals surface area contributed by atoms with E-state index in [1.54, 1.807) is 6.07 Å². The van der Waals surface area contributed by atoms with E-state index in [0.29, 0.717) is 12.8 Å². The summed E-state index contributed by atoms with van der Waals surface area (Å²) >= 11 is 1.54. The van der Waals surface area contributed by atoms with E-state index in [4.69, 9.17) is 0 Å². The quantitative estimate of drug-likeness (QED) is 0.677. The zero-order chi connectivity index (χ0) is 15.5. The molecule has 0 aliphatic carbocycles. The van der Waals surface area contributed by atoms with Crippen LogP contribution in [0.25, 0.3) is 21.3 Å². The summed E-state index contributed by atoms with van der Waals surface area (Å²) in [6.07, 6.45) is 0.901. The van der Waals surface area contributed by atoms with E-state index in [2.05, 4.69) is 9.72 Å². The number of halogens is 1. The molecule has 0 saturated heterocycles. The molecule has 1 aromatic heterocycles. The lowest BCUT2D eigenvalue weighted by Gasteiger charge is -2.01. The van der Waals surface area contributed by atoms with Gasteiger partial charge in [0.1, 0.15) is 10.8 Å². The lowest BCUT2D eigenvalue weighted by atomic mass is 10.1. The fourth-order valence-corrected chi connectivity index (χ4v) is 3.09. The zero-order valence-corrected chi connectivity index (χ0v) is 12.8. The van der Waals surface area contributed by atoms with Crippen LogP contribution >= 0.6 is 11.3 Å². The van der Waals surface area contributed by atoms with E-state index >= 15 is 0 Å². The molecule has 3 rings (SSSR count). The number of thiazole rings is 1. The van der Waals surface area contributed by atoms with Gasteiger partial charge in [-0.15, -0.1) is 11.3 Å². The molecule has 0 atom stereocenters. The first-order chi connectivity index (χ1) is 10.7. The molecule has 0 aliphatic heterocycles. The molecule has 112 valence electrons. The van der Waals surface area contributed by atoms with Crippen LogP contribution in [0.1, 0.15) is 12.1 Å². The first-order valence-corrected chi connectivity index (χ1v) is 7.74. The second-order valence-corrected chi connectivity index (χ2v) is 5.78. The van der Waals surface area contributed by atoms with E-state index in [0.717, 1.165) is 27.0 Å². The van der Waals surface area contributed by atoms with Crippen molar-refractivity contribution in [3.8, 4) is 10.6 Å². The van der Waals surface area contributed by atoms with Gasteiger partial charge < -0.3 is 4.74 Å². The maximum atomic E-state index is 13.2. The van der Waals surface area contributed by atoms with Crippen LogP contribution in [0.15, 0.2) is 41.8 Å². The summed E-state index contributed by atoms with van der Waals surface area (Å²) in [6, 6.07) is 10.6. The molecule has 0 bridgehead atoms. The number of aryl methyl sites for hydroxylation is 1. The fraction of sp³-hybridized carbons (Fsp3) is 0.176. The van der Waals surface area contributed by atoms with Gasteiger partial charge in [-0.2, -0.15) is 0 Å². The minimum absolute atomic E-state index is 0.234. The minimum atomic E-state index is -0.236. The van der Waals surface area contributed by atoms with Crippen LogP contribution in [0.2, 0.25) is 0 Å². The third kappa shape index (κ3) is 3.14. The topological polar surface area (TPSA) is 39.2 Å². The van der Waals surface area contributed by atoms with Crippen molar-refractivity contribution in [3.63, 3.8) is 0 Å². The van der Waals surface area contributed by atoms with E-state index in [-0.39, 0.29) is 11.8 Å². The maximum Gasteiger partial charge on any atom is 0.305 e. The van der Waals surface area contributed by atoms with E-state index < -0.39 is 0 Å². The number of methoxy groups -OCH3 is 1. The van der Waals surface area contributed by atoms with Crippen LogP contribution in [-0.2, 0) is 16.0 Å². The molecule has 22 heavy (non-hydrogen) atoms. The normalized spacial score (nSPS) is 10.8. The van der Waals surface area contributed by atoms with Gasteiger partial charge in [0.15, 0.2) is 0 Å². The Kier molecular flexibility index (Phi) is 4.15. The van der Waals surface area contributed by atoms with Crippen molar-refractivity contribution in [2.45, 2.75) is 12.8 Å². The van der Waals surface area contributed by atoms with Crippen molar-refractivity contribution in [2.24, 2.45) is 0 Å². The summed E-state index contributed by atoms with van der Waals surface area (Å²) in [7, 11) is 1.38. The molecular formula is C17H14FNO2S. The van der Waals surface area contributed by atoms with Crippen LogP contribution in [0.5, 0.6) is 0 Å². The van der Waals surface area contributed by atoms with Crippen molar-refractivity contribution in [2.75, 3.05) is 7.11 Å². The zero-order valence-electron chi connectivity index (χ0n) is 12.0. The number of nitrogens with zero attached hydrogens (tertiary/aromatic N) is 1. The van der Waals surface area contributed by atoms with Gasteiger partial charge in [-0.05, 0) is 29.0 Å². The molecule has 1 heterocycles. The summed E-state index contributed by atoms with van der Waals surface area (Å²) in [5.41, 5.74) is 1.87. The van der Waals surface area contributed by atoms with Gasteiger partial charge in [-0.25, -0.2) is 9.37 Å². The number of aromatic nitrogens is 1. The maximum absolute atomic E-state index is 13.2. The second kappa shape index (κ2) is 6.23. The van der Waals surface area contributed by atoms with Crippen molar-refractivity contribution in [3.05, 3.63) is 53.3 Å². The van der Waals surface area contributed by atoms with Gasteiger partial charge in [-0.3, -0.25) is 4.79 Å². The van der Waals surface area contributed by atoms with Gasteiger partial charge in [-0.1, -0.05) is 18.2 Å². The molecule has 0 radical (unpaired) electrons. The Labute approximate surface area is 131 Å². The third-order valence-electron chi connectivity index (χ3n) is 3.41. The molecule has 0 fully saturated rings. The summed E-state index contributed by atoms with van der Waals surface area (Å²) in [5.74, 6) is -0.470. The standard InChI is InChI=1S/C17H14FNO2S/c1-21-16(20)7-6-15-10-22-17(19-15)13-3-2-12-9-14(18)5-4-11(12)8-13/h2-5,8-10H,6-7H2,1H3. The molecule has 5 heteroatoms. The fourth-order valence-electron chi connectivity index (χ4n) is 2.24. The largest absolute Gasteiger partial charge is 0.469 e. The smallest absolute Gasteiger partial charge is 0.305 e. The van der Waals surface area contributed by atoms with Crippen LogP contribution in [0.4, 0.5) is 4.39 Å². The number of carbonyl (C=O) groups is 1. The molecule has 0 amide bonds. The number of rotatable bonds is 4. The molecule has 0 unspecified atom stereocenters. The Hall–Kier alpha value is -2.27. The highest BCUT2D eigenvalue weighted by atomic mass is 32.1. The number of benzene rings is 2. The Morgan fingerprint density at radius 1 is 1.23 bits per heavy atom. The van der Waals surface area contributed by atoms with Crippen molar-refractivity contribution in [1.82, 2.24) is 4.98 Å². The molecule has 0 spiro atoms. The van der Waals surface area contributed by atoms with Gasteiger partial charge in [0.2, 0.25) is 0 Å². The number of carbonyl (C=O) groups excluding carboxylic acids is 1. The van der Waals surface area contributed by atoms with E-state index in [9.17, 15) is 9.18 Å². The third-order valence-corrected chi connectivity index (χ3v) is 4.35. The summed E-state index contributed by atoms with van der Waals surface area (Å²) in [4.78, 5) is 15.7. The molecule has 0 saturated carbocycles. The Morgan fingerprint density at radius 3 is 2.82 bits per heavy atom. The van der Waals surface area contributed by atoms with Crippen LogP contribution in [-0.4, -0.2) is 18.1 Å². The first-order valence-electron chi connectivity index (χ1n) is 6.86. The van der Waals surface area contributed by atoms with Crippen molar-refractivity contribution in [1.29, 1.82) is 0 Å². The Morgan fingerprint density at radius 2 is 2.00 bits per heavy atom. The average Bonchev–Trinajstić information content (AvgIpc) is 3.01. The molecule has 3 aromatic rings. The van der Waals surface area contributed by atoms with Crippen molar-refractivity contribution < 1.29 is 13.9 Å². The van der Waals surface area contributed by atoms with E-state index in [1.807, 2.05) is 23.6 Å². The average molecular weight is 315 g/mol. The Balaban J connectivity index is 1.83. The summed E-state index contributed by atoms with van der Waals surface area (Å²) in [6.45, 7) is 0. The van der Waals surface area contributed by atoms with Gasteiger partial charge in [0, 0.05) is 17.4 Å². The van der Waals surface area contributed by atoms with Gasteiger partial charge in [0.25, 0.3) is 0 Å². The predicted octanol–water partition coefficient (Wildman–Crippen LogP) is 4.21. The Bertz CT molecular complexity index is 828. The lowest BCUT2D eigenvalue weighted by Crippen LogP contribution is -2.01. The number of esters is 1. The SMILES string of the molecule is COC(=O)CCc1csc(-c2ccc3cc(F)ccc3c2)n1. The number of hydrogen-bond donors (Lipinski definition) is 0. The van der Waals surface area contributed by atoms with Crippen LogP contribution in [0, 0.1) is 5.82 Å². The van der Waals surface area contributed by atoms with Gasteiger partial charge in [0.05, 0.1) is 19.2 Å². The molecule has 0 aliphatic rings. The van der Waals surface area contributed by atoms with Crippen molar-refractivity contribution >= 4 is 28.1 Å². The summed E-state index contributed by atoms with van der Waals surface area (Å²) in [5, 5.41) is 4.69. The predicted molar refractivity (Wildman–Crippen MR) is 85.4 cm³/mol. The lowest BCUT2D eigenvalue weighted by molar-refractivity contribution is -0.140. The highest BCUT2D eigenvalue weighted by Crippen LogP contribution is 2.28. The van der Waals surface area contributed by atoms with E-state index in [1.165, 1.54) is 30.6 Å². The molecule has 0 N–H and O–H groups in total. The molecule has 2 aromatic carbocycles. The highest BCUT2D eigenvalue weighted by Gasteiger charge is 2.08. The number of hydrogen-bond acceptors (Lipinski definition) is 4. The van der Waals surface area contributed by atoms with Crippen LogP contribution < -0.4 is 0 Å². The number of ether oxygens (including phenoxy) is 1. The number of fused-ring (bicyclic) bond motifs is 1. The first kappa shape index (κ1) is 14.7. The highest BCUT2D eigenvalue weighted by molar-refractivity contribution is 7.13. The molecule has 3 nitrogen and oxygen atoms in total. The minimum Gasteiger partial charge on any atom is -0.469 e. The monoisotopic (exact) mass is 315 g/mol. The molecular weight excluding hydrogens is 301 g/mol. The second-order valence-electron chi connectivity index (χ2n) is 4.93. The van der Waals surface area contributed by atoms with Crippen LogP contribution in [0.3, 0.4) is 0 Å². The summed E-state index contributed by atoms with van der Waals surface area (Å²) < 4.78 is 17.8.